The van der Waals surface area contributed by atoms with Crippen molar-refractivity contribution >= 4 is 17.4 Å². The van der Waals surface area contributed by atoms with E-state index in [1.54, 1.807) is 0 Å². The second kappa shape index (κ2) is 6.20. The maximum atomic E-state index is 5.89. The van der Waals surface area contributed by atoms with Crippen LogP contribution in [0.2, 0.25) is 0 Å². The minimum atomic E-state index is 0.153. The first-order valence-electron chi connectivity index (χ1n) is 6.13. The lowest BCUT2D eigenvalue weighted by Gasteiger charge is -2.17. The normalized spacial score (nSPS) is 13.1. The predicted molar refractivity (Wildman–Crippen MR) is 76.8 cm³/mol. The number of hydrogen-bond donors (Lipinski definition) is 1. The summed E-state index contributed by atoms with van der Waals surface area (Å²) in [5.74, 6) is 1.45. The molecule has 17 heavy (non-hydrogen) atoms. The lowest BCUT2D eigenvalue weighted by molar-refractivity contribution is 0.243. The number of rotatable bonds is 5. The Hall–Kier alpha value is -0.830. The van der Waals surface area contributed by atoms with Crippen molar-refractivity contribution in [3.05, 3.63) is 18.2 Å². The molecule has 0 amide bonds. The second-order valence-corrected chi connectivity index (χ2v) is 6.38. The molecule has 1 unspecified atom stereocenters. The zero-order valence-electron chi connectivity index (χ0n) is 11.4. The Morgan fingerprint density at radius 3 is 2.29 bits per heavy atom. The summed E-state index contributed by atoms with van der Waals surface area (Å²) in [4.78, 5) is 1.22. The second-order valence-electron chi connectivity index (χ2n) is 4.93. The fourth-order valence-electron chi connectivity index (χ4n) is 1.29. The van der Waals surface area contributed by atoms with E-state index >= 15 is 0 Å². The fourth-order valence-corrected chi connectivity index (χ4v) is 2.32. The fraction of sp³-hybridized carbons (Fsp3) is 0.571. The van der Waals surface area contributed by atoms with Gasteiger partial charge in [-0.05, 0) is 38.0 Å². The number of benzene rings is 1. The first-order valence-corrected chi connectivity index (χ1v) is 7.01. The third-order valence-electron chi connectivity index (χ3n) is 2.61. The summed E-state index contributed by atoms with van der Waals surface area (Å²) in [5.41, 5.74) is 6.60. The summed E-state index contributed by atoms with van der Waals surface area (Å²) < 4.78 is 5.69. The average Bonchev–Trinajstić information content (AvgIpc) is 2.22. The molecule has 0 saturated heterocycles. The van der Waals surface area contributed by atoms with E-state index in [9.17, 15) is 0 Å². The molecule has 0 aliphatic heterocycles. The first-order chi connectivity index (χ1) is 7.90. The van der Waals surface area contributed by atoms with E-state index in [0.29, 0.717) is 16.9 Å². The molecule has 96 valence electrons. The molecule has 1 aromatic rings. The van der Waals surface area contributed by atoms with E-state index in [2.05, 4.69) is 26.8 Å². The van der Waals surface area contributed by atoms with Gasteiger partial charge in [0.1, 0.15) is 5.75 Å². The number of nitrogen functional groups attached to an aromatic ring is 1. The zero-order chi connectivity index (χ0) is 13.0. The van der Waals surface area contributed by atoms with Gasteiger partial charge in [0, 0.05) is 10.1 Å². The molecule has 1 aromatic carbocycles. The Bertz CT molecular complexity index is 363. The van der Waals surface area contributed by atoms with Gasteiger partial charge in [-0.25, -0.2) is 0 Å². The van der Waals surface area contributed by atoms with Gasteiger partial charge in [0.05, 0.1) is 11.8 Å². The van der Waals surface area contributed by atoms with Gasteiger partial charge in [-0.15, -0.1) is 11.8 Å². The van der Waals surface area contributed by atoms with Crippen molar-refractivity contribution in [3.8, 4) is 5.75 Å². The number of nitrogens with two attached hydrogens (primary N) is 1. The number of ether oxygens (including phenoxy) is 1. The summed E-state index contributed by atoms with van der Waals surface area (Å²) in [6.07, 6.45) is 0.153. The van der Waals surface area contributed by atoms with Crippen LogP contribution in [0.1, 0.15) is 34.6 Å². The maximum Gasteiger partial charge on any atom is 0.143 e. The van der Waals surface area contributed by atoms with Gasteiger partial charge in [-0.1, -0.05) is 20.8 Å². The SMILES string of the molecule is CC(C)Oc1cc(SC(C)C(C)C)ccc1N. The standard InChI is InChI=1S/C14H23NOS/c1-9(2)11(5)17-12-6-7-13(15)14(8-12)16-10(3)4/h6-11H,15H2,1-5H3. The molecule has 0 aliphatic rings. The zero-order valence-corrected chi connectivity index (χ0v) is 12.2. The van der Waals surface area contributed by atoms with Gasteiger partial charge in [-0.3, -0.25) is 0 Å². The molecule has 0 radical (unpaired) electrons. The van der Waals surface area contributed by atoms with Crippen LogP contribution in [0.15, 0.2) is 23.1 Å². The summed E-state index contributed by atoms with van der Waals surface area (Å²) in [6.45, 7) is 10.7. The molecule has 0 fully saturated rings. The lowest BCUT2D eigenvalue weighted by Crippen LogP contribution is -2.08. The van der Waals surface area contributed by atoms with Gasteiger partial charge in [-0.2, -0.15) is 0 Å². The van der Waals surface area contributed by atoms with Gasteiger partial charge < -0.3 is 10.5 Å². The Morgan fingerprint density at radius 1 is 1.12 bits per heavy atom. The van der Waals surface area contributed by atoms with E-state index in [0.717, 1.165) is 5.75 Å². The first kappa shape index (κ1) is 14.2. The van der Waals surface area contributed by atoms with Crippen LogP contribution in [0.25, 0.3) is 0 Å². The largest absolute Gasteiger partial charge is 0.489 e. The van der Waals surface area contributed by atoms with Gasteiger partial charge in [0.15, 0.2) is 0 Å². The highest BCUT2D eigenvalue weighted by molar-refractivity contribution is 8.00. The van der Waals surface area contributed by atoms with Crippen LogP contribution in [0.3, 0.4) is 0 Å². The lowest BCUT2D eigenvalue weighted by atomic mass is 10.2. The van der Waals surface area contributed by atoms with Gasteiger partial charge >= 0.3 is 0 Å². The maximum absolute atomic E-state index is 5.89. The molecule has 0 aromatic heterocycles. The Kier molecular flexibility index (Phi) is 5.19. The molecule has 1 atom stereocenters. The topological polar surface area (TPSA) is 35.2 Å². The van der Waals surface area contributed by atoms with Gasteiger partial charge in [0.25, 0.3) is 0 Å². The van der Waals surface area contributed by atoms with Crippen molar-refractivity contribution in [3.63, 3.8) is 0 Å². The van der Waals surface area contributed by atoms with Crippen LogP contribution in [0.5, 0.6) is 5.75 Å². The minimum absolute atomic E-state index is 0.153. The summed E-state index contributed by atoms with van der Waals surface area (Å²) in [5, 5.41) is 0.588. The van der Waals surface area contributed by atoms with E-state index in [-0.39, 0.29) is 6.10 Å². The molecular formula is C14H23NOS. The van der Waals surface area contributed by atoms with Crippen LogP contribution in [0, 0.1) is 5.92 Å². The van der Waals surface area contributed by atoms with Crippen molar-refractivity contribution < 1.29 is 4.74 Å². The van der Waals surface area contributed by atoms with Crippen molar-refractivity contribution in [1.29, 1.82) is 0 Å². The summed E-state index contributed by atoms with van der Waals surface area (Å²) >= 11 is 1.87. The highest BCUT2D eigenvalue weighted by atomic mass is 32.2. The summed E-state index contributed by atoms with van der Waals surface area (Å²) in [7, 11) is 0. The van der Waals surface area contributed by atoms with Crippen molar-refractivity contribution in [2.75, 3.05) is 5.73 Å². The van der Waals surface area contributed by atoms with Crippen LogP contribution >= 0.6 is 11.8 Å². The third-order valence-corrected chi connectivity index (χ3v) is 4.05. The minimum Gasteiger partial charge on any atom is -0.489 e. The van der Waals surface area contributed by atoms with Crippen molar-refractivity contribution in [1.82, 2.24) is 0 Å². The molecular weight excluding hydrogens is 230 g/mol. The molecule has 0 heterocycles. The Balaban J connectivity index is 2.81. The quantitative estimate of drug-likeness (QED) is 0.631. The van der Waals surface area contributed by atoms with Crippen LogP contribution in [0.4, 0.5) is 5.69 Å². The number of hydrogen-bond acceptors (Lipinski definition) is 3. The van der Waals surface area contributed by atoms with E-state index in [4.69, 9.17) is 10.5 Å². The van der Waals surface area contributed by atoms with E-state index < -0.39 is 0 Å². The monoisotopic (exact) mass is 253 g/mol. The average molecular weight is 253 g/mol. The molecule has 0 spiro atoms. The van der Waals surface area contributed by atoms with Gasteiger partial charge in [0.2, 0.25) is 0 Å². The number of thioether (sulfide) groups is 1. The van der Waals surface area contributed by atoms with E-state index in [1.165, 1.54) is 4.90 Å². The molecule has 0 saturated carbocycles. The smallest absolute Gasteiger partial charge is 0.143 e. The number of anilines is 1. The molecule has 2 N–H and O–H groups in total. The third kappa shape index (κ3) is 4.50. The molecule has 0 bridgehead atoms. The van der Waals surface area contributed by atoms with Crippen molar-refractivity contribution in [2.45, 2.75) is 50.9 Å². The molecule has 3 heteroatoms. The van der Waals surface area contributed by atoms with E-state index in [1.807, 2.05) is 37.7 Å². The summed E-state index contributed by atoms with van der Waals surface area (Å²) in [6, 6.07) is 6.03. The van der Waals surface area contributed by atoms with Crippen LogP contribution < -0.4 is 10.5 Å². The molecule has 0 aliphatic carbocycles. The van der Waals surface area contributed by atoms with Crippen molar-refractivity contribution in [2.24, 2.45) is 5.92 Å². The Labute approximate surface area is 109 Å². The predicted octanol–water partition coefficient (Wildman–Crippen LogP) is 4.19. The van der Waals surface area contributed by atoms with Crippen LogP contribution in [-0.2, 0) is 0 Å². The Morgan fingerprint density at radius 2 is 1.76 bits per heavy atom. The highest BCUT2D eigenvalue weighted by Gasteiger charge is 2.11. The highest BCUT2D eigenvalue weighted by Crippen LogP contribution is 2.33. The van der Waals surface area contributed by atoms with Crippen LogP contribution in [-0.4, -0.2) is 11.4 Å². The molecule has 2 nitrogen and oxygen atoms in total. The molecule has 1 rings (SSSR count).